The van der Waals surface area contributed by atoms with Crippen molar-refractivity contribution in [1.82, 2.24) is 5.43 Å². The maximum absolute atomic E-state index is 13.7. The summed E-state index contributed by atoms with van der Waals surface area (Å²) in [6.45, 7) is 1.85. The molecular formula is C18H14F3N3O3S2. The van der Waals surface area contributed by atoms with Crippen molar-refractivity contribution in [3.05, 3.63) is 75.7 Å². The highest BCUT2D eigenvalue weighted by Crippen LogP contribution is 2.25. The highest BCUT2D eigenvalue weighted by atomic mass is 32.2. The molecule has 3 rings (SSSR count). The van der Waals surface area contributed by atoms with Crippen LogP contribution in [0.2, 0.25) is 0 Å². The van der Waals surface area contributed by atoms with Gasteiger partial charge in [0.25, 0.3) is 15.9 Å². The van der Waals surface area contributed by atoms with E-state index in [1.807, 2.05) is 6.92 Å². The first kappa shape index (κ1) is 20.7. The summed E-state index contributed by atoms with van der Waals surface area (Å²) in [6.07, 6.45) is 0. The zero-order chi connectivity index (χ0) is 21.2. The fourth-order valence-electron chi connectivity index (χ4n) is 2.31. The van der Waals surface area contributed by atoms with Crippen molar-refractivity contribution in [3.8, 4) is 0 Å². The van der Waals surface area contributed by atoms with E-state index in [0.29, 0.717) is 11.8 Å². The molecular weight excluding hydrogens is 427 g/mol. The van der Waals surface area contributed by atoms with Crippen LogP contribution < -0.4 is 15.6 Å². The SMILES string of the molecule is Cc1ccc(NS(=O)(=O)c2ccsc2C(=O)NNc2ccc(F)c(F)c2F)cc1. The van der Waals surface area contributed by atoms with E-state index in [2.05, 4.69) is 15.6 Å². The Morgan fingerprint density at radius 3 is 2.34 bits per heavy atom. The number of aryl methyl sites for hydroxylation is 1. The third kappa shape index (κ3) is 4.51. The molecule has 0 atom stereocenters. The zero-order valence-electron chi connectivity index (χ0n) is 14.8. The highest BCUT2D eigenvalue weighted by Gasteiger charge is 2.24. The topological polar surface area (TPSA) is 87.3 Å². The minimum absolute atomic E-state index is 0.180. The molecule has 1 aromatic heterocycles. The molecule has 11 heteroatoms. The van der Waals surface area contributed by atoms with Crippen LogP contribution in [0, 0.1) is 24.4 Å². The number of hydrogen-bond acceptors (Lipinski definition) is 5. The molecule has 29 heavy (non-hydrogen) atoms. The molecule has 0 saturated heterocycles. The van der Waals surface area contributed by atoms with Gasteiger partial charge in [0, 0.05) is 5.69 Å². The second-order valence-electron chi connectivity index (χ2n) is 5.89. The third-order valence-electron chi connectivity index (χ3n) is 3.77. The number of thiophene rings is 1. The number of anilines is 2. The molecule has 1 amide bonds. The summed E-state index contributed by atoms with van der Waals surface area (Å²) in [7, 11) is -4.07. The van der Waals surface area contributed by atoms with Crippen LogP contribution in [0.5, 0.6) is 0 Å². The summed E-state index contributed by atoms with van der Waals surface area (Å²) in [5.41, 5.74) is 4.93. The van der Waals surface area contributed by atoms with Gasteiger partial charge in [0.15, 0.2) is 17.5 Å². The largest absolute Gasteiger partial charge is 0.295 e. The van der Waals surface area contributed by atoms with Crippen molar-refractivity contribution in [3.63, 3.8) is 0 Å². The normalized spacial score (nSPS) is 11.2. The van der Waals surface area contributed by atoms with Crippen molar-refractivity contribution >= 4 is 38.6 Å². The maximum Gasteiger partial charge on any atom is 0.281 e. The van der Waals surface area contributed by atoms with Crippen LogP contribution in [-0.4, -0.2) is 14.3 Å². The van der Waals surface area contributed by atoms with Gasteiger partial charge in [-0.3, -0.25) is 20.4 Å². The molecule has 0 aliphatic rings. The van der Waals surface area contributed by atoms with Crippen LogP contribution in [-0.2, 0) is 10.0 Å². The average molecular weight is 441 g/mol. The van der Waals surface area contributed by atoms with E-state index < -0.39 is 39.1 Å². The van der Waals surface area contributed by atoms with E-state index >= 15 is 0 Å². The van der Waals surface area contributed by atoms with Crippen LogP contribution in [0.1, 0.15) is 15.2 Å². The van der Waals surface area contributed by atoms with Gasteiger partial charge in [-0.2, -0.15) is 0 Å². The molecule has 0 unspecified atom stereocenters. The number of carbonyl (C=O) groups excluding carboxylic acids is 1. The number of carbonyl (C=O) groups is 1. The predicted octanol–water partition coefficient (Wildman–Crippen LogP) is 4.03. The number of halogens is 3. The van der Waals surface area contributed by atoms with Gasteiger partial charge in [0.05, 0.1) is 5.69 Å². The molecule has 0 aliphatic heterocycles. The van der Waals surface area contributed by atoms with E-state index in [1.165, 1.54) is 11.4 Å². The fourth-order valence-corrected chi connectivity index (χ4v) is 4.69. The number of nitrogens with one attached hydrogen (secondary N) is 3. The summed E-state index contributed by atoms with van der Waals surface area (Å²) >= 11 is 0.843. The Kier molecular flexibility index (Phi) is 5.80. The van der Waals surface area contributed by atoms with Gasteiger partial charge >= 0.3 is 0 Å². The average Bonchev–Trinajstić information content (AvgIpc) is 3.18. The Bertz CT molecular complexity index is 1160. The molecule has 0 aliphatic carbocycles. The maximum atomic E-state index is 13.7. The van der Waals surface area contributed by atoms with Crippen LogP contribution in [0.3, 0.4) is 0 Å². The lowest BCUT2D eigenvalue weighted by atomic mass is 10.2. The molecule has 2 aromatic carbocycles. The summed E-state index contributed by atoms with van der Waals surface area (Å²) in [4.78, 5) is 11.9. The summed E-state index contributed by atoms with van der Waals surface area (Å²) in [5, 5.41) is 1.40. The molecule has 3 N–H and O–H groups in total. The van der Waals surface area contributed by atoms with E-state index in [0.717, 1.165) is 23.0 Å². The molecule has 3 aromatic rings. The summed E-state index contributed by atoms with van der Waals surface area (Å²) < 4.78 is 67.5. The first-order chi connectivity index (χ1) is 13.7. The predicted molar refractivity (Wildman–Crippen MR) is 104 cm³/mol. The monoisotopic (exact) mass is 441 g/mol. The van der Waals surface area contributed by atoms with E-state index in [-0.39, 0.29) is 9.77 Å². The van der Waals surface area contributed by atoms with E-state index in [9.17, 15) is 26.4 Å². The van der Waals surface area contributed by atoms with Crippen LogP contribution in [0.4, 0.5) is 24.5 Å². The molecule has 0 spiro atoms. The Balaban J connectivity index is 1.77. The molecule has 0 radical (unpaired) electrons. The Morgan fingerprint density at radius 2 is 1.66 bits per heavy atom. The van der Waals surface area contributed by atoms with Gasteiger partial charge in [0.1, 0.15) is 9.77 Å². The van der Waals surface area contributed by atoms with Crippen molar-refractivity contribution in [1.29, 1.82) is 0 Å². The third-order valence-corrected chi connectivity index (χ3v) is 6.24. The zero-order valence-corrected chi connectivity index (χ0v) is 16.4. The molecule has 152 valence electrons. The van der Waals surface area contributed by atoms with Gasteiger partial charge in [0.2, 0.25) is 0 Å². The first-order valence-electron chi connectivity index (χ1n) is 8.06. The van der Waals surface area contributed by atoms with Gasteiger partial charge in [-0.1, -0.05) is 17.7 Å². The Labute approximate surface area is 168 Å². The highest BCUT2D eigenvalue weighted by molar-refractivity contribution is 7.93. The number of sulfonamides is 1. The standard InChI is InChI=1S/C18H14F3N3O3S2/c1-10-2-4-11(5-3-10)24-29(26,27)14-8-9-28-17(14)18(25)23-22-13-7-6-12(19)15(20)16(13)21/h2-9,22,24H,1H3,(H,23,25). The van der Waals surface area contributed by atoms with Gasteiger partial charge in [-0.05, 0) is 42.6 Å². The minimum atomic E-state index is -4.07. The van der Waals surface area contributed by atoms with Crippen molar-refractivity contribution < 1.29 is 26.4 Å². The molecule has 0 saturated carbocycles. The fraction of sp³-hybridized carbons (Fsp3) is 0.0556. The number of hydrazine groups is 1. The molecule has 1 heterocycles. The molecule has 0 fully saturated rings. The smallest absolute Gasteiger partial charge is 0.281 e. The van der Waals surface area contributed by atoms with E-state index in [4.69, 9.17) is 0 Å². The second kappa shape index (κ2) is 8.13. The quantitative estimate of drug-likeness (QED) is 0.398. The van der Waals surface area contributed by atoms with Gasteiger partial charge < -0.3 is 0 Å². The Hall–Kier alpha value is -3.05. The van der Waals surface area contributed by atoms with Crippen molar-refractivity contribution in [2.75, 3.05) is 10.1 Å². The molecule has 6 nitrogen and oxygen atoms in total. The van der Waals surface area contributed by atoms with Crippen molar-refractivity contribution in [2.24, 2.45) is 0 Å². The van der Waals surface area contributed by atoms with Crippen LogP contribution in [0.25, 0.3) is 0 Å². The van der Waals surface area contributed by atoms with Crippen LogP contribution >= 0.6 is 11.3 Å². The minimum Gasteiger partial charge on any atom is -0.295 e. The van der Waals surface area contributed by atoms with Crippen molar-refractivity contribution in [2.45, 2.75) is 11.8 Å². The lowest BCUT2D eigenvalue weighted by Crippen LogP contribution is -2.30. The first-order valence-corrected chi connectivity index (χ1v) is 10.4. The van der Waals surface area contributed by atoms with Crippen LogP contribution in [0.15, 0.2) is 52.7 Å². The van der Waals surface area contributed by atoms with E-state index in [1.54, 1.807) is 24.3 Å². The second-order valence-corrected chi connectivity index (χ2v) is 8.45. The molecule has 0 bridgehead atoms. The Morgan fingerprint density at radius 1 is 0.966 bits per heavy atom. The number of hydrogen-bond donors (Lipinski definition) is 3. The summed E-state index contributed by atoms with van der Waals surface area (Å²) in [6, 6.07) is 9.41. The number of benzene rings is 2. The van der Waals surface area contributed by atoms with Gasteiger partial charge in [-0.25, -0.2) is 21.6 Å². The lowest BCUT2D eigenvalue weighted by molar-refractivity contribution is 0.0963. The lowest BCUT2D eigenvalue weighted by Gasteiger charge is -2.11. The summed E-state index contributed by atoms with van der Waals surface area (Å²) in [5.74, 6) is -5.50. The van der Waals surface area contributed by atoms with Gasteiger partial charge in [-0.15, -0.1) is 11.3 Å². The number of amides is 1. The number of rotatable bonds is 6.